The monoisotopic (exact) mass is 557 g/mol. The van der Waals surface area contributed by atoms with Gasteiger partial charge in [-0.2, -0.15) is 0 Å². The summed E-state index contributed by atoms with van der Waals surface area (Å²) in [5.41, 5.74) is 1.43. The summed E-state index contributed by atoms with van der Waals surface area (Å²) in [5.74, 6) is 0.304. The van der Waals surface area contributed by atoms with Crippen molar-refractivity contribution in [1.82, 2.24) is 20.3 Å². The van der Waals surface area contributed by atoms with E-state index in [0.717, 1.165) is 20.9 Å². The molecule has 10 heteroatoms. The predicted octanol–water partition coefficient (Wildman–Crippen LogP) is 6.20. The van der Waals surface area contributed by atoms with Gasteiger partial charge in [0, 0.05) is 24.2 Å². The van der Waals surface area contributed by atoms with Crippen molar-refractivity contribution in [2.24, 2.45) is 0 Å². The van der Waals surface area contributed by atoms with Crippen LogP contribution in [0.3, 0.4) is 0 Å². The number of fused-ring (bicyclic) bond motifs is 1. The maximum absolute atomic E-state index is 14.5. The van der Waals surface area contributed by atoms with Gasteiger partial charge in [-0.15, -0.1) is 11.3 Å². The van der Waals surface area contributed by atoms with E-state index in [2.05, 4.69) is 41.5 Å². The number of benzene rings is 1. The van der Waals surface area contributed by atoms with Gasteiger partial charge in [-0.25, -0.2) is 19.2 Å². The predicted molar refractivity (Wildman–Crippen MR) is 140 cm³/mol. The molecule has 0 radical (unpaired) electrons. The Labute approximate surface area is 215 Å². The third-order valence-electron chi connectivity index (χ3n) is 4.94. The first-order chi connectivity index (χ1) is 16.7. The molecule has 1 amide bonds. The zero-order valence-electron chi connectivity index (χ0n) is 19.5. The second-order valence-corrected chi connectivity index (χ2v) is 10.7. The maximum atomic E-state index is 14.5. The number of nitrogens with one attached hydrogen (secondary N) is 2. The lowest BCUT2D eigenvalue weighted by atomic mass is 10.1. The zero-order valence-corrected chi connectivity index (χ0v) is 21.9. The number of nitrogens with zero attached hydrogens (tertiary/aromatic N) is 3. The molecule has 0 saturated carbocycles. The van der Waals surface area contributed by atoms with Crippen LogP contribution in [0.2, 0.25) is 0 Å². The van der Waals surface area contributed by atoms with Crippen LogP contribution in [-0.2, 0) is 11.2 Å². The van der Waals surface area contributed by atoms with Crippen LogP contribution in [0.1, 0.15) is 26.3 Å². The van der Waals surface area contributed by atoms with Gasteiger partial charge in [0.15, 0.2) is 11.6 Å². The third kappa shape index (κ3) is 6.52. The molecule has 0 bridgehead atoms. The first-order valence-electron chi connectivity index (χ1n) is 11.0. The summed E-state index contributed by atoms with van der Waals surface area (Å²) in [5, 5.41) is 8.23. The maximum Gasteiger partial charge on any atom is 0.407 e. The Morgan fingerprint density at radius 2 is 1.97 bits per heavy atom. The smallest absolute Gasteiger partial charge is 0.407 e. The molecule has 182 valence electrons. The molecule has 0 spiro atoms. The van der Waals surface area contributed by atoms with Crippen LogP contribution in [0.15, 0.2) is 58.6 Å². The van der Waals surface area contributed by atoms with Gasteiger partial charge in [-0.05, 0) is 54.8 Å². The number of carbonyl (C=O) groups excluding carboxylic acids is 1. The van der Waals surface area contributed by atoms with Gasteiger partial charge in [-0.1, -0.05) is 30.3 Å². The highest BCUT2D eigenvalue weighted by Crippen LogP contribution is 2.35. The highest BCUT2D eigenvalue weighted by Gasteiger charge is 2.21. The Morgan fingerprint density at radius 3 is 2.69 bits per heavy atom. The fourth-order valence-electron chi connectivity index (χ4n) is 3.45. The highest BCUT2D eigenvalue weighted by molar-refractivity contribution is 9.10. The van der Waals surface area contributed by atoms with E-state index in [-0.39, 0.29) is 17.4 Å². The lowest BCUT2D eigenvalue weighted by Crippen LogP contribution is -2.40. The molecule has 2 N–H and O–H groups in total. The summed E-state index contributed by atoms with van der Waals surface area (Å²) >= 11 is 5.01. The van der Waals surface area contributed by atoms with Crippen molar-refractivity contribution >= 4 is 49.4 Å². The van der Waals surface area contributed by atoms with Crippen molar-refractivity contribution in [3.63, 3.8) is 0 Å². The molecule has 0 unspecified atom stereocenters. The number of rotatable bonds is 7. The Kier molecular flexibility index (Phi) is 7.61. The number of thiophene rings is 1. The second kappa shape index (κ2) is 10.7. The molecule has 4 aromatic rings. The number of hydrogen-bond acceptors (Lipinski definition) is 7. The fourth-order valence-corrected chi connectivity index (χ4v) is 4.97. The number of pyridine rings is 1. The minimum atomic E-state index is -0.599. The largest absolute Gasteiger partial charge is 0.444 e. The normalized spacial score (nSPS) is 12.4. The molecular formula is C25H25BrFN5O2S. The minimum absolute atomic E-state index is 0.223. The van der Waals surface area contributed by atoms with Crippen molar-refractivity contribution in [3.8, 4) is 11.4 Å². The van der Waals surface area contributed by atoms with Crippen LogP contribution in [-0.4, -0.2) is 39.2 Å². The van der Waals surface area contributed by atoms with E-state index < -0.39 is 17.5 Å². The highest BCUT2D eigenvalue weighted by atomic mass is 79.9. The SMILES string of the molecule is CC(C)(C)OC(=O)NC[C@@H](Cc1ccccc1)Nc1nc(-c2ccncc2F)nc2c(Br)csc12. The van der Waals surface area contributed by atoms with E-state index >= 15 is 0 Å². The van der Waals surface area contributed by atoms with Crippen LogP contribution in [0, 0.1) is 5.82 Å². The molecule has 0 aliphatic rings. The van der Waals surface area contributed by atoms with Gasteiger partial charge >= 0.3 is 6.09 Å². The number of hydrogen-bond donors (Lipinski definition) is 2. The number of ether oxygens (including phenoxy) is 1. The number of anilines is 1. The number of halogens is 2. The molecule has 1 aromatic carbocycles. The summed E-state index contributed by atoms with van der Waals surface area (Å²) in [6.45, 7) is 5.75. The van der Waals surface area contributed by atoms with E-state index in [1.165, 1.54) is 17.5 Å². The van der Waals surface area contributed by atoms with Crippen molar-refractivity contribution in [2.45, 2.75) is 38.8 Å². The Balaban J connectivity index is 1.67. The summed E-state index contributed by atoms with van der Waals surface area (Å²) in [6.07, 6.45) is 2.77. The minimum Gasteiger partial charge on any atom is -0.444 e. The van der Waals surface area contributed by atoms with Gasteiger partial charge < -0.3 is 15.4 Å². The summed E-state index contributed by atoms with van der Waals surface area (Å²) in [4.78, 5) is 25.4. The first-order valence-corrected chi connectivity index (χ1v) is 12.7. The molecule has 1 atom stereocenters. The van der Waals surface area contributed by atoms with Crippen molar-refractivity contribution in [1.29, 1.82) is 0 Å². The topological polar surface area (TPSA) is 89.0 Å². The van der Waals surface area contributed by atoms with Gasteiger partial charge in [-0.3, -0.25) is 4.98 Å². The summed E-state index contributed by atoms with van der Waals surface area (Å²) in [6, 6.07) is 11.3. The van der Waals surface area contributed by atoms with Gasteiger partial charge in [0.25, 0.3) is 0 Å². The van der Waals surface area contributed by atoms with E-state index in [1.807, 2.05) is 56.5 Å². The average molecular weight is 558 g/mol. The van der Waals surface area contributed by atoms with E-state index in [0.29, 0.717) is 24.3 Å². The average Bonchev–Trinajstić information content (AvgIpc) is 3.18. The van der Waals surface area contributed by atoms with Crippen LogP contribution in [0.25, 0.3) is 21.6 Å². The molecule has 35 heavy (non-hydrogen) atoms. The second-order valence-electron chi connectivity index (χ2n) is 8.93. The molecule has 3 aromatic heterocycles. The molecule has 0 aliphatic carbocycles. The fraction of sp³-hybridized carbons (Fsp3) is 0.280. The first kappa shape index (κ1) is 25.0. The lowest BCUT2D eigenvalue weighted by Gasteiger charge is -2.23. The molecular weight excluding hydrogens is 533 g/mol. The summed E-state index contributed by atoms with van der Waals surface area (Å²) in [7, 11) is 0. The molecule has 0 aliphatic heterocycles. The van der Waals surface area contributed by atoms with Crippen molar-refractivity contribution in [2.75, 3.05) is 11.9 Å². The number of aromatic nitrogens is 3. The van der Waals surface area contributed by atoms with Gasteiger partial charge in [0.05, 0.1) is 20.9 Å². The Bertz CT molecular complexity index is 1330. The molecule has 0 fully saturated rings. The van der Waals surface area contributed by atoms with Gasteiger partial charge in [0.2, 0.25) is 0 Å². The standard InChI is InChI=1S/C25H25BrFN5O2S/c1-25(2,3)34-24(33)29-12-16(11-15-7-5-4-6-8-15)30-23-21-20(18(26)14-35-21)31-22(32-23)17-9-10-28-13-19(17)27/h4-10,13-14,16H,11-12H2,1-3H3,(H,29,33)(H,30,31,32)/t16-/m1/s1. The van der Waals surface area contributed by atoms with Crippen molar-refractivity contribution in [3.05, 3.63) is 70.0 Å². The van der Waals surface area contributed by atoms with Crippen LogP contribution in [0.4, 0.5) is 15.0 Å². The number of amides is 1. The van der Waals surface area contributed by atoms with E-state index in [4.69, 9.17) is 4.74 Å². The van der Waals surface area contributed by atoms with E-state index in [1.54, 1.807) is 6.07 Å². The molecule has 0 saturated heterocycles. The Morgan fingerprint density at radius 1 is 1.20 bits per heavy atom. The molecule has 7 nitrogen and oxygen atoms in total. The van der Waals surface area contributed by atoms with Gasteiger partial charge in [0.1, 0.15) is 16.9 Å². The number of carbonyl (C=O) groups is 1. The van der Waals surface area contributed by atoms with E-state index in [9.17, 15) is 9.18 Å². The van der Waals surface area contributed by atoms with Crippen LogP contribution in [0.5, 0.6) is 0 Å². The lowest BCUT2D eigenvalue weighted by molar-refractivity contribution is 0.0525. The quantitative estimate of drug-likeness (QED) is 0.281. The summed E-state index contributed by atoms with van der Waals surface area (Å²) < 4.78 is 21.5. The van der Waals surface area contributed by atoms with Crippen molar-refractivity contribution < 1.29 is 13.9 Å². The van der Waals surface area contributed by atoms with Crippen LogP contribution < -0.4 is 10.6 Å². The number of alkyl carbamates (subject to hydrolysis) is 1. The molecule has 3 heterocycles. The zero-order chi connectivity index (χ0) is 25.0. The van der Waals surface area contributed by atoms with Crippen LogP contribution >= 0.6 is 27.3 Å². The molecule has 4 rings (SSSR count). The Hall–Kier alpha value is -3.11. The third-order valence-corrected chi connectivity index (χ3v) is 6.83.